The number of carboxylic acid groups (broad SMARTS) is 1. The topological polar surface area (TPSA) is 105 Å². The van der Waals surface area contributed by atoms with Crippen LogP contribution in [0.1, 0.15) is 16.8 Å². The second kappa shape index (κ2) is 6.04. The van der Waals surface area contributed by atoms with E-state index in [-0.39, 0.29) is 12.0 Å². The Morgan fingerprint density at radius 2 is 2.14 bits per heavy atom. The van der Waals surface area contributed by atoms with Gasteiger partial charge in [-0.05, 0) is 12.5 Å². The number of pyridine rings is 1. The second-order valence-electron chi connectivity index (χ2n) is 4.49. The van der Waals surface area contributed by atoms with Crippen LogP contribution in [0.3, 0.4) is 0 Å². The Morgan fingerprint density at radius 1 is 1.43 bits per heavy atom. The van der Waals surface area contributed by atoms with Crippen LogP contribution >= 0.6 is 0 Å². The predicted octanol–water partition coefficient (Wildman–Crippen LogP) is 1.77. The van der Waals surface area contributed by atoms with Gasteiger partial charge in [0.1, 0.15) is 6.04 Å². The minimum Gasteiger partial charge on any atom is -0.480 e. The highest BCUT2D eigenvalue weighted by Gasteiger charge is 2.20. The molecule has 0 fully saturated rings. The molecule has 0 spiro atoms. The first kappa shape index (κ1) is 14.5. The molecule has 6 nitrogen and oxygen atoms in total. The largest absolute Gasteiger partial charge is 0.480 e. The summed E-state index contributed by atoms with van der Waals surface area (Å²) in [5.41, 5.74) is 6.52. The summed E-state index contributed by atoms with van der Waals surface area (Å²) < 4.78 is 0. The third-order valence-electron chi connectivity index (χ3n) is 3.06. The van der Waals surface area contributed by atoms with E-state index in [1.165, 1.54) is 12.3 Å². The van der Waals surface area contributed by atoms with Crippen LogP contribution in [0.5, 0.6) is 0 Å². The number of hydrogen-bond donors (Lipinski definition) is 3. The van der Waals surface area contributed by atoms with E-state index in [4.69, 9.17) is 5.73 Å². The van der Waals surface area contributed by atoms with Crippen molar-refractivity contribution in [3.63, 3.8) is 0 Å². The lowest BCUT2D eigenvalue weighted by atomic mass is 10.1. The lowest BCUT2D eigenvalue weighted by Gasteiger charge is -2.17. The van der Waals surface area contributed by atoms with Gasteiger partial charge < -0.3 is 16.2 Å². The lowest BCUT2D eigenvalue weighted by molar-refractivity contribution is -0.137. The van der Waals surface area contributed by atoms with Gasteiger partial charge in [-0.2, -0.15) is 0 Å². The average molecular weight is 285 g/mol. The molecule has 1 atom stereocenters. The maximum absolute atomic E-state index is 11.5. The third-order valence-corrected chi connectivity index (χ3v) is 3.06. The van der Waals surface area contributed by atoms with Crippen LogP contribution in [-0.2, 0) is 4.79 Å². The van der Waals surface area contributed by atoms with E-state index < -0.39 is 17.9 Å². The van der Waals surface area contributed by atoms with Gasteiger partial charge in [-0.3, -0.25) is 9.78 Å². The molecule has 0 bridgehead atoms. The fraction of sp³-hybridized carbons (Fsp3) is 0.133. The number of aromatic nitrogens is 1. The monoisotopic (exact) mass is 285 g/mol. The van der Waals surface area contributed by atoms with E-state index in [1.54, 1.807) is 18.2 Å². The SMILES string of the molecule is C=CCC(Nc1c(C(N)=O)cnc2ccccc12)C(=O)O. The number of nitrogens with two attached hydrogens (primary N) is 1. The molecule has 0 saturated heterocycles. The molecule has 0 radical (unpaired) electrons. The molecule has 0 saturated carbocycles. The summed E-state index contributed by atoms with van der Waals surface area (Å²) in [6, 6.07) is 6.22. The molecular formula is C15H15N3O3. The summed E-state index contributed by atoms with van der Waals surface area (Å²) in [6.45, 7) is 3.54. The van der Waals surface area contributed by atoms with Crippen molar-refractivity contribution in [1.82, 2.24) is 4.98 Å². The number of benzene rings is 1. The van der Waals surface area contributed by atoms with Crippen molar-refractivity contribution in [3.8, 4) is 0 Å². The van der Waals surface area contributed by atoms with E-state index in [2.05, 4.69) is 16.9 Å². The van der Waals surface area contributed by atoms with Crippen molar-refractivity contribution in [2.45, 2.75) is 12.5 Å². The highest BCUT2D eigenvalue weighted by atomic mass is 16.4. The molecule has 1 aromatic heterocycles. The Morgan fingerprint density at radius 3 is 2.76 bits per heavy atom. The maximum atomic E-state index is 11.5. The van der Waals surface area contributed by atoms with Crippen LogP contribution in [-0.4, -0.2) is 28.0 Å². The van der Waals surface area contributed by atoms with Crippen molar-refractivity contribution in [1.29, 1.82) is 0 Å². The van der Waals surface area contributed by atoms with Crippen LogP contribution < -0.4 is 11.1 Å². The Balaban J connectivity index is 2.58. The van der Waals surface area contributed by atoms with Gasteiger partial charge >= 0.3 is 5.97 Å². The van der Waals surface area contributed by atoms with E-state index >= 15 is 0 Å². The number of fused-ring (bicyclic) bond motifs is 1. The molecule has 1 unspecified atom stereocenters. The minimum atomic E-state index is -1.04. The summed E-state index contributed by atoms with van der Waals surface area (Å²) in [5, 5.41) is 12.7. The minimum absolute atomic E-state index is 0.156. The zero-order valence-corrected chi connectivity index (χ0v) is 11.2. The molecular weight excluding hydrogens is 270 g/mol. The number of nitrogens with one attached hydrogen (secondary N) is 1. The average Bonchev–Trinajstić information content (AvgIpc) is 2.46. The Kier molecular flexibility index (Phi) is 4.18. The standard InChI is InChI=1S/C15H15N3O3/c1-2-5-12(15(20)21)18-13-9-6-3-4-7-11(9)17-8-10(13)14(16)19/h2-4,6-8,12H,1,5H2,(H2,16,19)(H,17,18)(H,20,21). The van der Waals surface area contributed by atoms with Gasteiger partial charge in [0.05, 0.1) is 16.8 Å². The molecule has 108 valence electrons. The lowest BCUT2D eigenvalue weighted by Crippen LogP contribution is -2.30. The van der Waals surface area contributed by atoms with Crippen molar-refractivity contribution >= 4 is 28.5 Å². The van der Waals surface area contributed by atoms with Crippen LogP contribution in [0.4, 0.5) is 5.69 Å². The van der Waals surface area contributed by atoms with E-state index in [0.29, 0.717) is 16.6 Å². The van der Waals surface area contributed by atoms with Crippen LogP contribution in [0.25, 0.3) is 10.9 Å². The molecule has 2 aromatic rings. The number of aliphatic carboxylic acids is 1. The smallest absolute Gasteiger partial charge is 0.326 e. The number of carbonyl (C=O) groups is 2. The Bertz CT molecular complexity index is 712. The first-order chi connectivity index (χ1) is 10.0. The van der Waals surface area contributed by atoms with Gasteiger partial charge in [-0.25, -0.2) is 4.79 Å². The molecule has 0 aliphatic heterocycles. The van der Waals surface area contributed by atoms with Crippen LogP contribution in [0.15, 0.2) is 43.1 Å². The third kappa shape index (κ3) is 3.00. The van der Waals surface area contributed by atoms with Gasteiger partial charge in [0.25, 0.3) is 5.91 Å². The number of primary amides is 1. The number of carboxylic acids is 1. The second-order valence-corrected chi connectivity index (χ2v) is 4.49. The number of para-hydroxylation sites is 1. The fourth-order valence-electron chi connectivity index (χ4n) is 2.05. The van der Waals surface area contributed by atoms with E-state index in [0.717, 1.165) is 0 Å². The van der Waals surface area contributed by atoms with Crippen molar-refractivity contribution in [2.24, 2.45) is 5.73 Å². The van der Waals surface area contributed by atoms with Crippen molar-refractivity contribution in [2.75, 3.05) is 5.32 Å². The molecule has 4 N–H and O–H groups in total. The number of nitrogens with zero attached hydrogens (tertiary/aromatic N) is 1. The van der Waals surface area contributed by atoms with Crippen molar-refractivity contribution < 1.29 is 14.7 Å². The molecule has 6 heteroatoms. The van der Waals surface area contributed by atoms with Gasteiger partial charge in [-0.15, -0.1) is 6.58 Å². The van der Waals surface area contributed by atoms with Gasteiger partial charge in [0.2, 0.25) is 0 Å². The first-order valence-corrected chi connectivity index (χ1v) is 6.32. The Labute approximate surface area is 121 Å². The van der Waals surface area contributed by atoms with Crippen molar-refractivity contribution in [3.05, 3.63) is 48.7 Å². The van der Waals surface area contributed by atoms with E-state index in [1.807, 2.05) is 6.07 Å². The number of carbonyl (C=O) groups excluding carboxylic acids is 1. The summed E-state index contributed by atoms with van der Waals surface area (Å²) in [6.07, 6.45) is 3.06. The number of rotatable bonds is 6. The zero-order valence-electron chi connectivity index (χ0n) is 11.2. The number of amides is 1. The van der Waals surface area contributed by atoms with Gasteiger partial charge in [0, 0.05) is 11.6 Å². The molecule has 1 amide bonds. The molecule has 21 heavy (non-hydrogen) atoms. The molecule has 2 rings (SSSR count). The molecule has 0 aliphatic carbocycles. The zero-order chi connectivity index (χ0) is 15.4. The quantitative estimate of drug-likeness (QED) is 0.701. The molecule has 1 heterocycles. The fourth-order valence-corrected chi connectivity index (χ4v) is 2.05. The summed E-state index contributed by atoms with van der Waals surface area (Å²) >= 11 is 0. The summed E-state index contributed by atoms with van der Waals surface area (Å²) in [4.78, 5) is 27.0. The maximum Gasteiger partial charge on any atom is 0.326 e. The predicted molar refractivity (Wildman–Crippen MR) is 80.1 cm³/mol. The number of hydrogen-bond acceptors (Lipinski definition) is 4. The molecule has 0 aliphatic rings. The number of anilines is 1. The van der Waals surface area contributed by atoms with Crippen LogP contribution in [0.2, 0.25) is 0 Å². The van der Waals surface area contributed by atoms with Gasteiger partial charge in [0.15, 0.2) is 0 Å². The summed E-state index contributed by atoms with van der Waals surface area (Å²) in [5.74, 6) is -1.70. The highest BCUT2D eigenvalue weighted by Crippen LogP contribution is 2.26. The highest BCUT2D eigenvalue weighted by molar-refractivity contribution is 6.07. The van der Waals surface area contributed by atoms with Crippen LogP contribution in [0, 0.1) is 0 Å². The normalized spacial score (nSPS) is 11.8. The van der Waals surface area contributed by atoms with Gasteiger partial charge in [-0.1, -0.05) is 24.3 Å². The Hall–Kier alpha value is -2.89. The summed E-state index contributed by atoms with van der Waals surface area (Å²) in [7, 11) is 0. The van der Waals surface area contributed by atoms with E-state index in [9.17, 15) is 14.7 Å². The molecule has 1 aromatic carbocycles. The first-order valence-electron chi connectivity index (χ1n) is 6.32.